The molecule has 7 heteroatoms. The van der Waals surface area contributed by atoms with Gasteiger partial charge in [0.05, 0.1) is 0 Å². The first-order chi connectivity index (χ1) is 10.6. The number of benzene rings is 1. The fourth-order valence-corrected chi connectivity index (χ4v) is 3.34. The van der Waals surface area contributed by atoms with Gasteiger partial charge in [0.15, 0.2) is 0 Å². The van der Waals surface area contributed by atoms with Crippen LogP contribution in [0.5, 0.6) is 0 Å². The van der Waals surface area contributed by atoms with E-state index < -0.39 is 0 Å². The molecule has 2 rings (SSSR count). The number of carbonyl (C=O) groups excluding carboxylic acids is 2. The fraction of sp³-hybridized carbons (Fsp3) is 0.467. The molecule has 5 nitrogen and oxygen atoms in total. The van der Waals surface area contributed by atoms with E-state index in [-0.39, 0.29) is 17.9 Å². The molecule has 1 aliphatic rings. The van der Waals surface area contributed by atoms with Crippen LogP contribution in [0.15, 0.2) is 28.7 Å². The van der Waals surface area contributed by atoms with Crippen molar-refractivity contribution in [1.82, 2.24) is 16.0 Å². The van der Waals surface area contributed by atoms with E-state index in [1.54, 1.807) is 12.1 Å². The van der Waals surface area contributed by atoms with Gasteiger partial charge < -0.3 is 16.0 Å². The SMILES string of the molecule is O=C(CC1CSCCN1)NCCNC(=O)c1ccc(Br)cc1. The molecule has 0 saturated carbocycles. The van der Waals surface area contributed by atoms with Crippen molar-refractivity contribution in [3.63, 3.8) is 0 Å². The Morgan fingerprint density at radius 1 is 1.23 bits per heavy atom. The molecule has 1 aromatic carbocycles. The molecule has 0 bridgehead atoms. The second-order valence-corrected chi connectivity index (χ2v) is 7.11. The number of thioether (sulfide) groups is 1. The molecule has 0 spiro atoms. The van der Waals surface area contributed by atoms with Gasteiger partial charge in [-0.1, -0.05) is 15.9 Å². The maximum Gasteiger partial charge on any atom is 0.251 e. The summed E-state index contributed by atoms with van der Waals surface area (Å²) in [5, 5.41) is 8.95. The van der Waals surface area contributed by atoms with E-state index in [4.69, 9.17) is 0 Å². The van der Waals surface area contributed by atoms with Crippen molar-refractivity contribution < 1.29 is 9.59 Å². The summed E-state index contributed by atoms with van der Waals surface area (Å²) in [4.78, 5) is 23.7. The summed E-state index contributed by atoms with van der Waals surface area (Å²) >= 11 is 5.20. The summed E-state index contributed by atoms with van der Waals surface area (Å²) < 4.78 is 0.936. The maximum absolute atomic E-state index is 11.9. The smallest absolute Gasteiger partial charge is 0.251 e. The normalized spacial score (nSPS) is 17.8. The summed E-state index contributed by atoms with van der Waals surface area (Å²) in [7, 11) is 0. The highest BCUT2D eigenvalue weighted by Crippen LogP contribution is 2.10. The molecule has 120 valence electrons. The minimum absolute atomic E-state index is 0.0258. The number of hydrogen-bond donors (Lipinski definition) is 3. The Bertz CT molecular complexity index is 504. The zero-order valence-corrected chi connectivity index (χ0v) is 14.6. The van der Waals surface area contributed by atoms with E-state index in [1.165, 1.54) is 0 Å². The monoisotopic (exact) mass is 385 g/mol. The number of nitrogens with one attached hydrogen (secondary N) is 3. The van der Waals surface area contributed by atoms with E-state index in [0.717, 1.165) is 22.5 Å². The predicted octanol–water partition coefficient (Wildman–Crippen LogP) is 1.39. The molecular formula is C15H20BrN3O2S. The lowest BCUT2D eigenvalue weighted by Crippen LogP contribution is -2.42. The molecule has 0 aliphatic carbocycles. The molecule has 1 aliphatic heterocycles. The van der Waals surface area contributed by atoms with Crippen LogP contribution < -0.4 is 16.0 Å². The van der Waals surface area contributed by atoms with Gasteiger partial charge in [-0.05, 0) is 24.3 Å². The summed E-state index contributed by atoms with van der Waals surface area (Å²) in [5.41, 5.74) is 0.609. The first-order valence-electron chi connectivity index (χ1n) is 7.27. The van der Waals surface area contributed by atoms with Crippen LogP contribution in [0.25, 0.3) is 0 Å². The average molecular weight is 386 g/mol. The van der Waals surface area contributed by atoms with E-state index >= 15 is 0 Å². The Balaban J connectivity index is 1.61. The Kier molecular flexibility index (Phi) is 7.21. The molecule has 22 heavy (non-hydrogen) atoms. The molecule has 2 amide bonds. The fourth-order valence-electron chi connectivity index (χ4n) is 2.13. The standard InChI is InChI=1S/C15H20BrN3O2S/c16-12-3-1-11(2-4-12)15(21)19-6-5-18-14(20)9-13-10-22-8-7-17-13/h1-4,13,17H,5-10H2,(H,18,20)(H,19,21). The van der Waals surface area contributed by atoms with Gasteiger partial charge in [0.1, 0.15) is 0 Å². The van der Waals surface area contributed by atoms with Crippen molar-refractivity contribution in [2.75, 3.05) is 31.1 Å². The molecule has 1 aromatic rings. The quantitative estimate of drug-likeness (QED) is 0.647. The molecule has 1 unspecified atom stereocenters. The summed E-state index contributed by atoms with van der Waals surface area (Å²) in [6.07, 6.45) is 0.494. The van der Waals surface area contributed by atoms with Gasteiger partial charge in [-0.3, -0.25) is 9.59 Å². The van der Waals surface area contributed by atoms with Crippen LogP contribution in [0.1, 0.15) is 16.8 Å². The summed E-state index contributed by atoms with van der Waals surface area (Å²) in [5.74, 6) is 1.98. The molecule has 3 N–H and O–H groups in total. The van der Waals surface area contributed by atoms with Crippen molar-refractivity contribution in [3.8, 4) is 0 Å². The number of hydrogen-bond acceptors (Lipinski definition) is 4. The molecule has 0 radical (unpaired) electrons. The summed E-state index contributed by atoms with van der Waals surface area (Å²) in [6.45, 7) is 1.83. The third-order valence-corrected chi connectivity index (χ3v) is 4.93. The zero-order valence-electron chi connectivity index (χ0n) is 12.2. The van der Waals surface area contributed by atoms with Crippen LogP contribution >= 0.6 is 27.7 Å². The summed E-state index contributed by atoms with van der Waals surface area (Å²) in [6, 6.07) is 7.42. The third-order valence-electron chi connectivity index (χ3n) is 3.27. The first kappa shape index (κ1) is 17.3. The molecule has 1 fully saturated rings. The largest absolute Gasteiger partial charge is 0.354 e. The second kappa shape index (κ2) is 9.17. The molecule has 1 heterocycles. The Morgan fingerprint density at radius 3 is 2.64 bits per heavy atom. The minimum Gasteiger partial charge on any atom is -0.354 e. The molecule has 1 atom stereocenters. The minimum atomic E-state index is -0.132. The van der Waals surface area contributed by atoms with Crippen molar-refractivity contribution in [2.45, 2.75) is 12.5 Å². The Labute approximate surface area is 143 Å². The van der Waals surface area contributed by atoms with Crippen molar-refractivity contribution in [1.29, 1.82) is 0 Å². The topological polar surface area (TPSA) is 70.2 Å². The highest BCUT2D eigenvalue weighted by Gasteiger charge is 2.16. The van der Waals surface area contributed by atoms with E-state index in [0.29, 0.717) is 25.1 Å². The van der Waals surface area contributed by atoms with Gasteiger partial charge in [0.2, 0.25) is 5.91 Å². The maximum atomic E-state index is 11.9. The van der Waals surface area contributed by atoms with Gasteiger partial charge in [-0.15, -0.1) is 0 Å². The number of halogens is 1. The average Bonchev–Trinajstić information content (AvgIpc) is 2.53. The van der Waals surface area contributed by atoms with Crippen LogP contribution in [0, 0.1) is 0 Å². The van der Waals surface area contributed by atoms with E-state index in [9.17, 15) is 9.59 Å². The van der Waals surface area contributed by atoms with Crippen LogP contribution in [-0.2, 0) is 4.79 Å². The third kappa shape index (κ3) is 5.98. The highest BCUT2D eigenvalue weighted by atomic mass is 79.9. The van der Waals surface area contributed by atoms with Crippen LogP contribution in [0.3, 0.4) is 0 Å². The van der Waals surface area contributed by atoms with E-state index in [1.807, 2.05) is 23.9 Å². The van der Waals surface area contributed by atoms with Gasteiger partial charge in [-0.25, -0.2) is 0 Å². The zero-order chi connectivity index (χ0) is 15.8. The molecular weight excluding hydrogens is 366 g/mol. The highest BCUT2D eigenvalue weighted by molar-refractivity contribution is 9.10. The first-order valence-corrected chi connectivity index (χ1v) is 9.21. The molecule has 0 aromatic heterocycles. The van der Waals surface area contributed by atoms with Crippen molar-refractivity contribution in [3.05, 3.63) is 34.3 Å². The van der Waals surface area contributed by atoms with Crippen molar-refractivity contribution in [2.24, 2.45) is 0 Å². The lowest BCUT2D eigenvalue weighted by Gasteiger charge is -2.22. The lowest BCUT2D eigenvalue weighted by molar-refractivity contribution is -0.121. The van der Waals surface area contributed by atoms with E-state index in [2.05, 4.69) is 31.9 Å². The Hall–Kier alpha value is -1.05. The van der Waals surface area contributed by atoms with Crippen molar-refractivity contribution >= 4 is 39.5 Å². The molecule has 1 saturated heterocycles. The Morgan fingerprint density at radius 2 is 1.95 bits per heavy atom. The number of carbonyl (C=O) groups is 2. The van der Waals surface area contributed by atoms with Gasteiger partial charge in [0, 0.05) is 53.6 Å². The van der Waals surface area contributed by atoms with Gasteiger partial charge >= 0.3 is 0 Å². The van der Waals surface area contributed by atoms with Gasteiger partial charge in [0.25, 0.3) is 5.91 Å². The van der Waals surface area contributed by atoms with Crippen LogP contribution in [-0.4, -0.2) is 49.0 Å². The second-order valence-electron chi connectivity index (χ2n) is 5.04. The number of amides is 2. The predicted molar refractivity (Wildman–Crippen MR) is 93.2 cm³/mol. The van der Waals surface area contributed by atoms with Crippen LogP contribution in [0.4, 0.5) is 0 Å². The van der Waals surface area contributed by atoms with Crippen LogP contribution in [0.2, 0.25) is 0 Å². The van der Waals surface area contributed by atoms with Gasteiger partial charge in [-0.2, -0.15) is 11.8 Å². The number of rotatable bonds is 6. The lowest BCUT2D eigenvalue weighted by atomic mass is 10.2.